The molecule has 7 nitrogen and oxygen atoms in total. The van der Waals surface area contributed by atoms with Crippen molar-refractivity contribution in [3.63, 3.8) is 0 Å². The van der Waals surface area contributed by atoms with Crippen molar-refractivity contribution in [1.29, 1.82) is 0 Å². The van der Waals surface area contributed by atoms with Crippen molar-refractivity contribution in [3.05, 3.63) is 71.2 Å². The number of aliphatic hydroxyl groups is 1. The first-order chi connectivity index (χ1) is 17.7. The summed E-state index contributed by atoms with van der Waals surface area (Å²) in [6.07, 6.45) is 6.12. The summed E-state index contributed by atoms with van der Waals surface area (Å²) in [4.78, 5) is 21.5. The number of amides is 1. The molecule has 0 radical (unpaired) electrons. The number of nitrogens with zero attached hydrogens (tertiary/aromatic N) is 2. The van der Waals surface area contributed by atoms with E-state index in [2.05, 4.69) is 22.2 Å². The number of halogens is 2. The van der Waals surface area contributed by atoms with E-state index in [0.717, 1.165) is 43.4 Å². The lowest BCUT2D eigenvalue weighted by Gasteiger charge is -2.33. The van der Waals surface area contributed by atoms with Crippen molar-refractivity contribution in [2.24, 2.45) is 11.7 Å². The molecule has 0 saturated heterocycles. The van der Waals surface area contributed by atoms with Crippen molar-refractivity contribution >= 4 is 11.6 Å². The van der Waals surface area contributed by atoms with Crippen LogP contribution in [0.5, 0.6) is 5.75 Å². The molecule has 3 aromatic rings. The van der Waals surface area contributed by atoms with Gasteiger partial charge in [-0.3, -0.25) is 9.78 Å². The van der Waals surface area contributed by atoms with Gasteiger partial charge in [0.1, 0.15) is 28.8 Å². The third kappa shape index (κ3) is 5.78. The molecule has 196 valence electrons. The topological polar surface area (TPSA) is 110 Å². The van der Waals surface area contributed by atoms with Crippen LogP contribution in [0.3, 0.4) is 0 Å². The van der Waals surface area contributed by atoms with E-state index in [0.29, 0.717) is 11.6 Å². The highest BCUT2D eigenvalue weighted by Crippen LogP contribution is 2.40. The number of rotatable bonds is 7. The fourth-order valence-electron chi connectivity index (χ4n) is 5.10. The fourth-order valence-corrected chi connectivity index (χ4v) is 5.10. The lowest BCUT2D eigenvalue weighted by Crippen LogP contribution is -2.32. The number of hydrogen-bond donors (Lipinski definition) is 3. The van der Waals surface area contributed by atoms with Gasteiger partial charge in [0.25, 0.3) is 5.91 Å². The van der Waals surface area contributed by atoms with Crippen LogP contribution in [0.1, 0.15) is 73.2 Å². The Morgan fingerprint density at radius 1 is 1.22 bits per heavy atom. The van der Waals surface area contributed by atoms with Crippen LogP contribution in [0.25, 0.3) is 11.3 Å². The molecule has 2 aromatic heterocycles. The number of methoxy groups -OCH3 is 1. The van der Waals surface area contributed by atoms with Gasteiger partial charge in [0.05, 0.1) is 30.7 Å². The Hall–Kier alpha value is -3.43. The Bertz CT molecular complexity index is 1280. The number of carbonyl (C=O) groups is 1. The van der Waals surface area contributed by atoms with Gasteiger partial charge in [-0.05, 0) is 79.5 Å². The van der Waals surface area contributed by atoms with Crippen LogP contribution in [-0.2, 0) is 0 Å². The molecule has 1 fully saturated rings. The van der Waals surface area contributed by atoms with Crippen molar-refractivity contribution in [3.8, 4) is 17.0 Å². The molecule has 1 aromatic carbocycles. The highest BCUT2D eigenvalue weighted by molar-refractivity contribution is 6.03. The van der Waals surface area contributed by atoms with E-state index in [9.17, 15) is 14.3 Å². The highest BCUT2D eigenvalue weighted by atomic mass is 19.1. The Morgan fingerprint density at radius 2 is 2.00 bits per heavy atom. The lowest BCUT2D eigenvalue weighted by molar-refractivity contribution is 0.102. The van der Waals surface area contributed by atoms with Crippen LogP contribution < -0.4 is 15.8 Å². The summed E-state index contributed by atoms with van der Waals surface area (Å²) >= 11 is 0. The largest absolute Gasteiger partial charge is 0.496 e. The summed E-state index contributed by atoms with van der Waals surface area (Å²) in [5.74, 6) is -1.54. The Morgan fingerprint density at radius 3 is 2.70 bits per heavy atom. The number of nitrogens with two attached hydrogens (primary N) is 1. The fraction of sp³-hybridized carbons (Fsp3) is 0.393. The first kappa shape index (κ1) is 26.6. The number of nitrogens with one attached hydrogen (secondary N) is 1. The summed E-state index contributed by atoms with van der Waals surface area (Å²) in [6.45, 7) is 3.64. The zero-order valence-electron chi connectivity index (χ0n) is 21.2. The molecule has 2 heterocycles. The zero-order chi connectivity index (χ0) is 26.7. The number of aromatic nitrogens is 2. The lowest BCUT2D eigenvalue weighted by atomic mass is 9.75. The number of hydrogen-bond acceptors (Lipinski definition) is 6. The van der Waals surface area contributed by atoms with Crippen LogP contribution in [-0.4, -0.2) is 34.1 Å². The smallest absolute Gasteiger partial charge is 0.274 e. The van der Waals surface area contributed by atoms with Crippen molar-refractivity contribution in [2.75, 3.05) is 12.4 Å². The van der Waals surface area contributed by atoms with Crippen LogP contribution in [0, 0.1) is 17.6 Å². The second kappa shape index (κ2) is 11.3. The molecule has 1 amide bonds. The maximum Gasteiger partial charge on any atom is 0.274 e. The minimum atomic E-state index is -0.952. The maximum atomic E-state index is 15.0. The minimum absolute atomic E-state index is 0.00600. The van der Waals surface area contributed by atoms with Gasteiger partial charge in [-0.25, -0.2) is 13.8 Å². The monoisotopic (exact) mass is 510 g/mol. The molecule has 4 atom stereocenters. The van der Waals surface area contributed by atoms with Crippen molar-refractivity contribution in [2.45, 2.75) is 57.6 Å². The summed E-state index contributed by atoms with van der Waals surface area (Å²) in [7, 11) is 1.31. The third-order valence-electron chi connectivity index (χ3n) is 7.06. The Kier molecular flexibility index (Phi) is 8.14. The van der Waals surface area contributed by atoms with Crippen LogP contribution in [0.4, 0.5) is 14.5 Å². The number of benzene rings is 1. The van der Waals surface area contributed by atoms with Crippen molar-refractivity contribution in [1.82, 2.24) is 9.97 Å². The van der Waals surface area contributed by atoms with Gasteiger partial charge in [-0.2, -0.15) is 0 Å². The minimum Gasteiger partial charge on any atom is -0.496 e. The van der Waals surface area contributed by atoms with E-state index in [1.165, 1.54) is 26.2 Å². The molecular formula is C28H32F2N4O3. The van der Waals surface area contributed by atoms with Gasteiger partial charge in [0.2, 0.25) is 0 Å². The highest BCUT2D eigenvalue weighted by Gasteiger charge is 2.29. The molecule has 1 saturated carbocycles. The molecule has 1 aliphatic rings. The quantitative estimate of drug-likeness (QED) is 0.395. The molecule has 4 rings (SSSR count). The molecule has 0 unspecified atom stereocenters. The Labute approximate surface area is 215 Å². The van der Waals surface area contributed by atoms with Gasteiger partial charge in [0.15, 0.2) is 0 Å². The van der Waals surface area contributed by atoms with Gasteiger partial charge in [0, 0.05) is 12.2 Å². The summed E-state index contributed by atoms with van der Waals surface area (Å²) < 4.78 is 35.1. The van der Waals surface area contributed by atoms with E-state index >= 15 is 4.39 Å². The predicted octanol–water partition coefficient (Wildman–Crippen LogP) is 5.36. The van der Waals surface area contributed by atoms with Gasteiger partial charge in [-0.1, -0.05) is 13.3 Å². The molecule has 37 heavy (non-hydrogen) atoms. The second-order valence-electron chi connectivity index (χ2n) is 9.64. The average molecular weight is 511 g/mol. The second-order valence-corrected chi connectivity index (χ2v) is 9.64. The van der Waals surface area contributed by atoms with Crippen LogP contribution in [0.2, 0.25) is 0 Å². The molecule has 0 spiro atoms. The molecule has 9 heteroatoms. The number of anilines is 1. The summed E-state index contributed by atoms with van der Waals surface area (Å²) in [5, 5.41) is 12.7. The molecule has 1 aliphatic carbocycles. The SMILES string of the molecule is CC[C@@H]1C[C@H](N)C[C@H](c2ccncc2NC(=O)c2ccc(F)c(-c3c(F)cc([C@@H](C)O)cc3OC)n2)C1. The molecule has 4 N–H and O–H groups in total. The normalized spacial score (nSPS) is 20.4. The Balaban J connectivity index is 1.66. The van der Waals surface area contributed by atoms with Crippen LogP contribution >= 0.6 is 0 Å². The van der Waals surface area contributed by atoms with E-state index in [4.69, 9.17) is 10.5 Å². The number of aliphatic hydroxyl groups excluding tert-OH is 1. The molecule has 0 bridgehead atoms. The molecule has 0 aliphatic heterocycles. The third-order valence-corrected chi connectivity index (χ3v) is 7.06. The number of pyridine rings is 2. The maximum absolute atomic E-state index is 15.0. The van der Waals surface area contributed by atoms with E-state index < -0.39 is 23.6 Å². The predicted molar refractivity (Wildman–Crippen MR) is 137 cm³/mol. The van der Waals surface area contributed by atoms with E-state index in [-0.39, 0.29) is 40.2 Å². The summed E-state index contributed by atoms with van der Waals surface area (Å²) in [6, 6.07) is 6.79. The van der Waals surface area contributed by atoms with Gasteiger partial charge >= 0.3 is 0 Å². The van der Waals surface area contributed by atoms with Gasteiger partial charge < -0.3 is 20.9 Å². The first-order valence-corrected chi connectivity index (χ1v) is 12.4. The molecular weight excluding hydrogens is 478 g/mol. The van der Waals surface area contributed by atoms with Gasteiger partial charge in [-0.15, -0.1) is 0 Å². The number of carbonyl (C=O) groups excluding carboxylic acids is 1. The van der Waals surface area contributed by atoms with Crippen molar-refractivity contribution < 1.29 is 23.4 Å². The standard InChI is InChI=1S/C28H32F2N4O3/c1-4-16-9-18(11-19(31)10-16)20-7-8-32-14-24(20)34-28(36)23-6-5-21(29)27(33-23)26-22(30)12-17(15(2)35)13-25(26)37-3/h5-8,12-16,18-19,35H,4,9-11,31H2,1-3H3,(H,34,36)/t15-,16+,18-,19+/m1/s1. The average Bonchev–Trinajstić information content (AvgIpc) is 2.88. The summed E-state index contributed by atoms with van der Waals surface area (Å²) in [5.41, 5.74) is 7.37. The van der Waals surface area contributed by atoms with E-state index in [1.807, 2.05) is 6.07 Å². The van der Waals surface area contributed by atoms with E-state index in [1.54, 1.807) is 12.4 Å². The zero-order valence-corrected chi connectivity index (χ0v) is 21.2. The first-order valence-electron chi connectivity index (χ1n) is 12.4. The van der Waals surface area contributed by atoms with Crippen LogP contribution in [0.15, 0.2) is 42.7 Å². The number of ether oxygens (including phenoxy) is 1.